The van der Waals surface area contributed by atoms with Crippen molar-refractivity contribution in [2.75, 3.05) is 11.4 Å². The van der Waals surface area contributed by atoms with E-state index < -0.39 is 5.72 Å². The van der Waals surface area contributed by atoms with Crippen molar-refractivity contribution in [1.82, 2.24) is 0 Å². The van der Waals surface area contributed by atoms with Crippen molar-refractivity contribution in [3.05, 3.63) is 66.2 Å². The summed E-state index contributed by atoms with van der Waals surface area (Å²) in [6, 6.07) is 20.5. The number of aliphatic hydroxyl groups is 1. The summed E-state index contributed by atoms with van der Waals surface area (Å²) in [5, 5.41) is 10.9. The molecule has 0 bridgehead atoms. The zero-order chi connectivity index (χ0) is 13.3. The van der Waals surface area contributed by atoms with Gasteiger partial charge in [-0.2, -0.15) is 0 Å². The van der Waals surface area contributed by atoms with Gasteiger partial charge >= 0.3 is 0 Å². The van der Waals surface area contributed by atoms with Crippen LogP contribution in [0.5, 0.6) is 0 Å². The lowest BCUT2D eigenvalue weighted by Gasteiger charge is -2.36. The Morgan fingerprint density at radius 2 is 1.58 bits per heavy atom. The molecule has 1 aliphatic rings. The molecule has 19 heavy (non-hydrogen) atoms. The smallest absolute Gasteiger partial charge is 0.142 e. The van der Waals surface area contributed by atoms with Crippen molar-refractivity contribution in [2.45, 2.75) is 25.0 Å². The van der Waals surface area contributed by atoms with Gasteiger partial charge in [-0.15, -0.1) is 0 Å². The molecule has 2 atom stereocenters. The summed E-state index contributed by atoms with van der Waals surface area (Å²) in [6.07, 6.45) is 0.978. The summed E-state index contributed by atoms with van der Waals surface area (Å²) in [4.78, 5) is 2.10. The molecule has 1 N–H and O–H groups in total. The van der Waals surface area contributed by atoms with Crippen molar-refractivity contribution in [1.29, 1.82) is 0 Å². The van der Waals surface area contributed by atoms with Crippen molar-refractivity contribution in [3.63, 3.8) is 0 Å². The van der Waals surface area contributed by atoms with E-state index in [9.17, 15) is 5.11 Å². The van der Waals surface area contributed by atoms with Crippen LogP contribution in [0.3, 0.4) is 0 Å². The molecule has 1 saturated heterocycles. The Hall–Kier alpha value is -1.80. The molecule has 0 saturated carbocycles. The lowest BCUT2D eigenvalue weighted by atomic mass is 9.90. The number of para-hydroxylation sites is 1. The summed E-state index contributed by atoms with van der Waals surface area (Å²) in [5.41, 5.74) is 1.47. The molecular weight excluding hydrogens is 234 g/mol. The first-order valence-electron chi connectivity index (χ1n) is 6.79. The first kappa shape index (κ1) is 12.2. The van der Waals surface area contributed by atoms with E-state index in [1.54, 1.807) is 0 Å². The zero-order valence-corrected chi connectivity index (χ0v) is 11.2. The molecule has 1 heterocycles. The topological polar surface area (TPSA) is 23.5 Å². The van der Waals surface area contributed by atoms with Crippen LogP contribution in [0.4, 0.5) is 5.69 Å². The highest BCUT2D eigenvalue weighted by Crippen LogP contribution is 2.42. The maximum atomic E-state index is 10.9. The highest BCUT2D eigenvalue weighted by molar-refractivity contribution is 5.51. The second-order valence-corrected chi connectivity index (χ2v) is 5.33. The first-order chi connectivity index (χ1) is 9.19. The van der Waals surface area contributed by atoms with E-state index in [2.05, 4.69) is 29.2 Å². The predicted octanol–water partition coefficient (Wildman–Crippen LogP) is 3.39. The van der Waals surface area contributed by atoms with E-state index in [1.165, 1.54) is 5.56 Å². The van der Waals surface area contributed by atoms with E-state index >= 15 is 0 Å². The van der Waals surface area contributed by atoms with Gasteiger partial charge in [-0.1, -0.05) is 48.5 Å². The summed E-state index contributed by atoms with van der Waals surface area (Å²) in [7, 11) is 0. The monoisotopic (exact) mass is 253 g/mol. The molecule has 2 heteroatoms. The first-order valence-corrected chi connectivity index (χ1v) is 6.79. The van der Waals surface area contributed by atoms with Gasteiger partial charge in [0.2, 0.25) is 0 Å². The minimum atomic E-state index is -0.831. The minimum Gasteiger partial charge on any atom is -0.371 e. The summed E-state index contributed by atoms with van der Waals surface area (Å²) < 4.78 is 0. The molecule has 0 unspecified atom stereocenters. The number of rotatable bonds is 2. The predicted molar refractivity (Wildman–Crippen MR) is 78.2 cm³/mol. The molecule has 2 nitrogen and oxygen atoms in total. The summed E-state index contributed by atoms with van der Waals surface area (Å²) in [6.45, 7) is 2.81. The number of hydrogen-bond acceptors (Lipinski definition) is 2. The number of benzene rings is 2. The van der Waals surface area contributed by atoms with Crippen LogP contribution in [0, 0.1) is 0 Å². The van der Waals surface area contributed by atoms with E-state index in [0.717, 1.165) is 18.7 Å². The van der Waals surface area contributed by atoms with Crippen molar-refractivity contribution in [3.8, 4) is 0 Å². The minimum absolute atomic E-state index is 0.161. The Kier molecular flexibility index (Phi) is 3.03. The van der Waals surface area contributed by atoms with Gasteiger partial charge in [0, 0.05) is 18.2 Å². The van der Waals surface area contributed by atoms with Crippen LogP contribution in [0.2, 0.25) is 0 Å². The molecule has 2 aromatic rings. The fraction of sp³-hybridized carbons (Fsp3) is 0.294. The van der Waals surface area contributed by atoms with E-state index in [4.69, 9.17) is 0 Å². The quantitative estimate of drug-likeness (QED) is 0.886. The number of hydrogen-bond donors (Lipinski definition) is 1. The van der Waals surface area contributed by atoms with E-state index in [-0.39, 0.29) is 5.92 Å². The van der Waals surface area contributed by atoms with Crippen LogP contribution < -0.4 is 4.90 Å². The van der Waals surface area contributed by atoms with Gasteiger partial charge in [-0.3, -0.25) is 0 Å². The maximum Gasteiger partial charge on any atom is 0.142 e. The van der Waals surface area contributed by atoms with Gasteiger partial charge in [0.05, 0.1) is 0 Å². The molecule has 1 fully saturated rings. The third-order valence-corrected chi connectivity index (χ3v) is 4.12. The molecule has 0 spiro atoms. The van der Waals surface area contributed by atoms with Gasteiger partial charge in [0.1, 0.15) is 5.72 Å². The molecule has 0 radical (unpaired) electrons. The average molecular weight is 253 g/mol. The van der Waals surface area contributed by atoms with Crippen LogP contribution in [0.25, 0.3) is 0 Å². The summed E-state index contributed by atoms with van der Waals surface area (Å²) in [5.74, 6) is 0.161. The Bertz CT molecular complexity index is 486. The zero-order valence-electron chi connectivity index (χ0n) is 11.2. The molecule has 0 amide bonds. The van der Waals surface area contributed by atoms with E-state index in [1.807, 2.05) is 43.3 Å². The second kappa shape index (κ2) is 4.71. The van der Waals surface area contributed by atoms with E-state index in [0.29, 0.717) is 0 Å². The largest absolute Gasteiger partial charge is 0.371 e. The van der Waals surface area contributed by atoms with Crippen molar-refractivity contribution < 1.29 is 5.11 Å². The standard InChI is InChI=1S/C17H19NO/c1-17(19)16(14-8-4-2-5-9-14)12-13-18(17)15-10-6-3-7-11-15/h2-11,16,19H,12-13H2,1H3/t16-,17-/m1/s1. The highest BCUT2D eigenvalue weighted by atomic mass is 16.3. The molecule has 0 aromatic heterocycles. The second-order valence-electron chi connectivity index (χ2n) is 5.33. The number of anilines is 1. The Morgan fingerprint density at radius 3 is 2.21 bits per heavy atom. The summed E-state index contributed by atoms with van der Waals surface area (Å²) >= 11 is 0. The van der Waals surface area contributed by atoms with Gasteiger partial charge < -0.3 is 10.0 Å². The fourth-order valence-corrected chi connectivity index (χ4v) is 3.11. The SMILES string of the molecule is C[C@@]1(O)[C@@H](c2ccccc2)CCN1c1ccccc1. The lowest BCUT2D eigenvalue weighted by Crippen LogP contribution is -2.44. The Balaban J connectivity index is 1.92. The van der Waals surface area contributed by atoms with Crippen LogP contribution in [-0.4, -0.2) is 17.4 Å². The van der Waals surface area contributed by atoms with Crippen LogP contribution in [0.15, 0.2) is 60.7 Å². The maximum absolute atomic E-state index is 10.9. The normalized spacial score (nSPS) is 26.6. The molecule has 1 aliphatic heterocycles. The third-order valence-electron chi connectivity index (χ3n) is 4.12. The van der Waals surface area contributed by atoms with Gasteiger partial charge in [0.25, 0.3) is 0 Å². The third kappa shape index (κ3) is 2.13. The molecular formula is C17H19NO. The van der Waals surface area contributed by atoms with Gasteiger partial charge in [0.15, 0.2) is 0 Å². The Labute approximate surface area is 114 Å². The van der Waals surface area contributed by atoms with Crippen LogP contribution in [0.1, 0.15) is 24.8 Å². The number of nitrogens with zero attached hydrogens (tertiary/aromatic N) is 1. The Morgan fingerprint density at radius 1 is 1.00 bits per heavy atom. The molecule has 0 aliphatic carbocycles. The van der Waals surface area contributed by atoms with Crippen molar-refractivity contribution in [2.24, 2.45) is 0 Å². The van der Waals surface area contributed by atoms with Crippen molar-refractivity contribution >= 4 is 5.69 Å². The van der Waals surface area contributed by atoms with Crippen LogP contribution >= 0.6 is 0 Å². The lowest BCUT2D eigenvalue weighted by molar-refractivity contribution is 0.0526. The van der Waals surface area contributed by atoms with Gasteiger partial charge in [-0.25, -0.2) is 0 Å². The molecule has 98 valence electrons. The highest BCUT2D eigenvalue weighted by Gasteiger charge is 2.44. The average Bonchev–Trinajstić information content (AvgIpc) is 2.76. The van der Waals surface area contributed by atoms with Gasteiger partial charge in [-0.05, 0) is 31.0 Å². The fourth-order valence-electron chi connectivity index (χ4n) is 3.11. The molecule has 3 rings (SSSR count). The molecule has 2 aromatic carbocycles. The van der Waals surface area contributed by atoms with Crippen LogP contribution in [-0.2, 0) is 0 Å².